The zero-order valence-corrected chi connectivity index (χ0v) is 12.5. The Balaban J connectivity index is 2.01. The van der Waals surface area contributed by atoms with Crippen LogP contribution >= 0.6 is 0 Å². The first-order valence-electron chi connectivity index (χ1n) is 6.74. The number of hydrazone groups is 1. The van der Waals surface area contributed by atoms with Gasteiger partial charge in [0, 0.05) is 25.3 Å². The molecular weight excluding hydrogens is 262 g/mol. The summed E-state index contributed by atoms with van der Waals surface area (Å²) in [5.41, 5.74) is 6.24. The number of amides is 1. The van der Waals surface area contributed by atoms with Gasteiger partial charge in [-0.3, -0.25) is 4.79 Å². The van der Waals surface area contributed by atoms with E-state index in [0.29, 0.717) is 5.56 Å². The van der Waals surface area contributed by atoms with Gasteiger partial charge in [-0.1, -0.05) is 35.9 Å². The summed E-state index contributed by atoms with van der Waals surface area (Å²) >= 11 is 0. The Labute approximate surface area is 125 Å². The summed E-state index contributed by atoms with van der Waals surface area (Å²) in [5, 5.41) is 3.98. The Hall–Kier alpha value is -2.62. The van der Waals surface area contributed by atoms with Crippen molar-refractivity contribution in [2.24, 2.45) is 5.10 Å². The summed E-state index contributed by atoms with van der Waals surface area (Å²) < 4.78 is 0. The van der Waals surface area contributed by atoms with E-state index < -0.39 is 0 Å². The third-order valence-corrected chi connectivity index (χ3v) is 3.08. The molecule has 0 bridgehead atoms. The number of aryl methyl sites for hydroxylation is 1. The van der Waals surface area contributed by atoms with E-state index in [1.807, 2.05) is 68.4 Å². The van der Waals surface area contributed by atoms with Crippen molar-refractivity contribution >= 4 is 17.8 Å². The first-order chi connectivity index (χ1) is 10.1. The van der Waals surface area contributed by atoms with Crippen LogP contribution in [0.25, 0.3) is 0 Å². The fourth-order valence-electron chi connectivity index (χ4n) is 1.81. The molecule has 0 fully saturated rings. The van der Waals surface area contributed by atoms with Gasteiger partial charge in [-0.05, 0) is 30.7 Å². The van der Waals surface area contributed by atoms with Crippen LogP contribution in [0.1, 0.15) is 21.5 Å². The highest BCUT2D eigenvalue weighted by atomic mass is 16.2. The second-order valence-electron chi connectivity index (χ2n) is 5.05. The van der Waals surface area contributed by atoms with Crippen molar-refractivity contribution < 1.29 is 4.79 Å². The maximum atomic E-state index is 12.0. The molecule has 2 aromatic carbocycles. The number of hydrogen-bond acceptors (Lipinski definition) is 3. The molecule has 0 unspecified atom stereocenters. The summed E-state index contributed by atoms with van der Waals surface area (Å²) in [7, 11) is 3.87. The number of carbonyl (C=O) groups excluding carboxylic acids is 1. The van der Waals surface area contributed by atoms with Crippen molar-refractivity contribution in [1.82, 2.24) is 5.43 Å². The van der Waals surface area contributed by atoms with E-state index in [1.54, 1.807) is 12.3 Å². The second-order valence-corrected chi connectivity index (χ2v) is 5.05. The topological polar surface area (TPSA) is 44.7 Å². The molecule has 0 saturated carbocycles. The molecule has 0 saturated heterocycles. The lowest BCUT2D eigenvalue weighted by Crippen LogP contribution is -2.18. The molecule has 0 radical (unpaired) electrons. The van der Waals surface area contributed by atoms with E-state index in [1.165, 1.54) is 5.56 Å². The normalized spacial score (nSPS) is 10.6. The smallest absolute Gasteiger partial charge is 0.271 e. The minimum Gasteiger partial charge on any atom is -0.378 e. The summed E-state index contributed by atoms with van der Waals surface area (Å²) in [6.07, 6.45) is 1.63. The van der Waals surface area contributed by atoms with Gasteiger partial charge in [0.15, 0.2) is 0 Å². The van der Waals surface area contributed by atoms with E-state index in [0.717, 1.165) is 11.3 Å². The highest BCUT2D eigenvalue weighted by molar-refractivity contribution is 5.95. The van der Waals surface area contributed by atoms with Crippen LogP contribution in [-0.4, -0.2) is 26.2 Å². The van der Waals surface area contributed by atoms with Crippen molar-refractivity contribution in [2.45, 2.75) is 6.92 Å². The molecule has 0 heterocycles. The van der Waals surface area contributed by atoms with E-state index >= 15 is 0 Å². The molecule has 1 amide bonds. The Morgan fingerprint density at radius 2 is 1.86 bits per heavy atom. The number of carbonyl (C=O) groups is 1. The van der Waals surface area contributed by atoms with Crippen LogP contribution in [0.15, 0.2) is 53.6 Å². The zero-order chi connectivity index (χ0) is 15.2. The fourth-order valence-corrected chi connectivity index (χ4v) is 1.81. The maximum Gasteiger partial charge on any atom is 0.271 e. The van der Waals surface area contributed by atoms with Crippen LogP contribution in [0.4, 0.5) is 5.69 Å². The molecule has 0 aliphatic heterocycles. The molecule has 2 aromatic rings. The Kier molecular flexibility index (Phi) is 4.72. The zero-order valence-electron chi connectivity index (χ0n) is 12.5. The van der Waals surface area contributed by atoms with Crippen LogP contribution in [0.2, 0.25) is 0 Å². The highest BCUT2D eigenvalue weighted by Crippen LogP contribution is 2.13. The average molecular weight is 281 g/mol. The Bertz CT molecular complexity index is 645. The van der Waals surface area contributed by atoms with Gasteiger partial charge >= 0.3 is 0 Å². The lowest BCUT2D eigenvalue weighted by Gasteiger charge is -2.12. The number of nitrogens with one attached hydrogen (secondary N) is 1. The van der Waals surface area contributed by atoms with E-state index in [-0.39, 0.29) is 5.91 Å². The molecule has 1 N–H and O–H groups in total. The van der Waals surface area contributed by atoms with Gasteiger partial charge in [-0.2, -0.15) is 5.10 Å². The SMILES string of the molecule is Cc1ccc(/C=N/NC(=O)c2cccc(N(C)C)c2)cc1. The van der Waals surface area contributed by atoms with E-state index in [9.17, 15) is 4.79 Å². The van der Waals surface area contributed by atoms with Gasteiger partial charge in [0.1, 0.15) is 0 Å². The summed E-state index contributed by atoms with van der Waals surface area (Å²) in [6, 6.07) is 15.3. The lowest BCUT2D eigenvalue weighted by atomic mass is 10.2. The number of anilines is 1. The van der Waals surface area contributed by atoms with Gasteiger partial charge in [0.2, 0.25) is 0 Å². The number of rotatable bonds is 4. The third kappa shape index (κ3) is 4.18. The van der Waals surface area contributed by atoms with E-state index in [2.05, 4.69) is 10.5 Å². The first kappa shape index (κ1) is 14.8. The minimum absolute atomic E-state index is 0.220. The van der Waals surface area contributed by atoms with Crippen molar-refractivity contribution in [3.63, 3.8) is 0 Å². The van der Waals surface area contributed by atoms with Crippen LogP contribution in [-0.2, 0) is 0 Å². The largest absolute Gasteiger partial charge is 0.378 e. The van der Waals surface area contributed by atoms with Crippen LogP contribution in [0.3, 0.4) is 0 Å². The maximum absolute atomic E-state index is 12.0. The number of nitrogens with zero attached hydrogens (tertiary/aromatic N) is 2. The molecule has 0 atom stereocenters. The Morgan fingerprint density at radius 1 is 1.14 bits per heavy atom. The summed E-state index contributed by atoms with van der Waals surface area (Å²) in [6.45, 7) is 2.03. The molecule has 21 heavy (non-hydrogen) atoms. The van der Waals surface area contributed by atoms with Gasteiger partial charge in [-0.15, -0.1) is 0 Å². The predicted octanol–water partition coefficient (Wildman–Crippen LogP) is 2.82. The molecule has 108 valence electrons. The Morgan fingerprint density at radius 3 is 2.52 bits per heavy atom. The molecule has 0 aliphatic carbocycles. The average Bonchev–Trinajstić information content (AvgIpc) is 2.49. The van der Waals surface area contributed by atoms with Gasteiger partial charge in [-0.25, -0.2) is 5.43 Å². The van der Waals surface area contributed by atoms with Crippen molar-refractivity contribution in [1.29, 1.82) is 0 Å². The fraction of sp³-hybridized carbons (Fsp3) is 0.176. The third-order valence-electron chi connectivity index (χ3n) is 3.08. The van der Waals surface area contributed by atoms with Crippen molar-refractivity contribution in [3.8, 4) is 0 Å². The van der Waals surface area contributed by atoms with Crippen LogP contribution in [0, 0.1) is 6.92 Å². The molecule has 4 heteroatoms. The molecule has 0 aromatic heterocycles. The first-order valence-corrected chi connectivity index (χ1v) is 6.74. The van der Waals surface area contributed by atoms with Gasteiger partial charge in [0.25, 0.3) is 5.91 Å². The number of benzene rings is 2. The van der Waals surface area contributed by atoms with Crippen molar-refractivity contribution in [3.05, 3.63) is 65.2 Å². The molecule has 2 rings (SSSR count). The summed E-state index contributed by atoms with van der Waals surface area (Å²) in [5.74, 6) is -0.220. The van der Waals surface area contributed by atoms with Crippen LogP contribution in [0.5, 0.6) is 0 Å². The quantitative estimate of drug-likeness (QED) is 0.692. The summed E-state index contributed by atoms with van der Waals surface area (Å²) in [4.78, 5) is 14.0. The number of hydrogen-bond donors (Lipinski definition) is 1. The van der Waals surface area contributed by atoms with Crippen molar-refractivity contribution in [2.75, 3.05) is 19.0 Å². The molecule has 0 spiro atoms. The standard InChI is InChI=1S/C17H19N3O/c1-13-7-9-14(10-8-13)12-18-19-17(21)15-5-4-6-16(11-15)20(2)3/h4-12H,1-3H3,(H,19,21)/b18-12+. The second kappa shape index (κ2) is 6.70. The molecule has 4 nitrogen and oxygen atoms in total. The van der Waals surface area contributed by atoms with Gasteiger partial charge < -0.3 is 4.90 Å². The monoisotopic (exact) mass is 281 g/mol. The van der Waals surface area contributed by atoms with Crippen LogP contribution < -0.4 is 10.3 Å². The van der Waals surface area contributed by atoms with E-state index in [4.69, 9.17) is 0 Å². The highest BCUT2D eigenvalue weighted by Gasteiger charge is 2.05. The van der Waals surface area contributed by atoms with Gasteiger partial charge in [0.05, 0.1) is 6.21 Å². The molecular formula is C17H19N3O. The molecule has 0 aliphatic rings. The lowest BCUT2D eigenvalue weighted by molar-refractivity contribution is 0.0955. The predicted molar refractivity (Wildman–Crippen MR) is 87.0 cm³/mol. The minimum atomic E-state index is -0.220.